The summed E-state index contributed by atoms with van der Waals surface area (Å²) in [5.41, 5.74) is 3.33. The van der Waals surface area contributed by atoms with Gasteiger partial charge in [-0.15, -0.1) is 0 Å². The van der Waals surface area contributed by atoms with E-state index in [0.29, 0.717) is 27.2 Å². The number of carbonyl (C=O) groups excluding carboxylic acids is 1. The summed E-state index contributed by atoms with van der Waals surface area (Å²) >= 11 is 6.65. The van der Waals surface area contributed by atoms with Crippen molar-refractivity contribution in [3.8, 4) is 11.6 Å². The maximum Gasteiger partial charge on any atom is 0.269 e. The highest BCUT2D eigenvalue weighted by Gasteiger charge is 2.33. The number of amides is 1. The monoisotopic (exact) mass is 499 g/mol. The molecular formula is C27H21N3O3S2. The average molecular weight is 500 g/mol. The van der Waals surface area contributed by atoms with E-state index in [1.54, 1.807) is 24.4 Å². The van der Waals surface area contributed by atoms with Crippen molar-refractivity contribution < 1.29 is 9.53 Å². The largest absolute Gasteiger partial charge is 0.438 e. The zero-order valence-corrected chi connectivity index (χ0v) is 20.7. The Morgan fingerprint density at radius 3 is 2.46 bits per heavy atom. The van der Waals surface area contributed by atoms with Crippen molar-refractivity contribution >= 4 is 45.9 Å². The molecule has 0 bridgehead atoms. The molecule has 3 heterocycles. The third kappa shape index (κ3) is 4.76. The van der Waals surface area contributed by atoms with Crippen LogP contribution >= 0.6 is 24.0 Å². The summed E-state index contributed by atoms with van der Waals surface area (Å²) in [7, 11) is 0. The normalized spacial score (nSPS) is 14.8. The molecule has 0 spiro atoms. The number of ether oxygens (including phenoxy) is 1. The van der Waals surface area contributed by atoms with Gasteiger partial charge in [0.15, 0.2) is 0 Å². The smallest absolute Gasteiger partial charge is 0.269 e. The van der Waals surface area contributed by atoms with Crippen LogP contribution in [0.5, 0.6) is 11.6 Å². The lowest BCUT2D eigenvalue weighted by atomic mass is 10.1. The number of pyridine rings is 1. The molecule has 1 saturated heterocycles. The zero-order chi connectivity index (χ0) is 24.5. The highest BCUT2D eigenvalue weighted by atomic mass is 32.2. The molecule has 8 heteroatoms. The molecule has 1 fully saturated rings. The number of rotatable bonds is 5. The first kappa shape index (κ1) is 23.0. The fourth-order valence-electron chi connectivity index (χ4n) is 3.92. The van der Waals surface area contributed by atoms with E-state index in [2.05, 4.69) is 4.98 Å². The molecule has 0 unspecified atom stereocenters. The second kappa shape index (κ2) is 9.48. The molecule has 0 radical (unpaired) electrons. The van der Waals surface area contributed by atoms with Gasteiger partial charge >= 0.3 is 0 Å². The summed E-state index contributed by atoms with van der Waals surface area (Å²) < 4.78 is 7.99. The first-order chi connectivity index (χ1) is 16.9. The number of fused-ring (bicyclic) bond motifs is 1. The van der Waals surface area contributed by atoms with Crippen LogP contribution < -0.4 is 10.3 Å². The Bertz CT molecular complexity index is 1540. The predicted octanol–water partition coefficient (Wildman–Crippen LogP) is 5.51. The van der Waals surface area contributed by atoms with Gasteiger partial charge in [-0.05, 0) is 60.9 Å². The quantitative estimate of drug-likeness (QED) is 0.267. The van der Waals surface area contributed by atoms with Crippen LogP contribution in [0.4, 0.5) is 0 Å². The van der Waals surface area contributed by atoms with Gasteiger partial charge in [0.1, 0.15) is 21.3 Å². The number of thioether (sulfide) groups is 1. The predicted molar refractivity (Wildman–Crippen MR) is 143 cm³/mol. The van der Waals surface area contributed by atoms with Gasteiger partial charge in [-0.3, -0.25) is 18.9 Å². The van der Waals surface area contributed by atoms with Gasteiger partial charge in [-0.2, -0.15) is 4.98 Å². The maximum atomic E-state index is 13.5. The SMILES string of the molecule is Cc1cc(C)cc(Oc2nc3ccccn3c(=O)c2/C=C2/SC(=S)N(Cc3ccccc3)C2=O)c1. The molecule has 35 heavy (non-hydrogen) atoms. The summed E-state index contributed by atoms with van der Waals surface area (Å²) in [6.45, 7) is 4.31. The van der Waals surface area contributed by atoms with Gasteiger partial charge in [-0.25, -0.2) is 0 Å². The van der Waals surface area contributed by atoms with Gasteiger partial charge in [0.05, 0.1) is 11.4 Å². The Morgan fingerprint density at radius 1 is 1.00 bits per heavy atom. The fourth-order valence-corrected chi connectivity index (χ4v) is 5.16. The fraction of sp³-hybridized carbons (Fsp3) is 0.111. The molecule has 2 aromatic heterocycles. The highest BCUT2D eigenvalue weighted by molar-refractivity contribution is 8.26. The maximum absolute atomic E-state index is 13.5. The van der Waals surface area contributed by atoms with Gasteiger partial charge in [0.25, 0.3) is 11.5 Å². The van der Waals surface area contributed by atoms with Crippen molar-refractivity contribution in [3.05, 3.63) is 110 Å². The lowest BCUT2D eigenvalue weighted by Gasteiger charge is -2.14. The average Bonchev–Trinajstić information content (AvgIpc) is 3.09. The van der Waals surface area contributed by atoms with E-state index >= 15 is 0 Å². The Labute approximate surface area is 211 Å². The number of aryl methyl sites for hydroxylation is 2. The number of benzene rings is 2. The Hall–Kier alpha value is -3.75. The van der Waals surface area contributed by atoms with Crippen LogP contribution in [0.1, 0.15) is 22.3 Å². The van der Waals surface area contributed by atoms with Gasteiger partial charge in [-0.1, -0.05) is 66.4 Å². The van der Waals surface area contributed by atoms with E-state index in [-0.39, 0.29) is 22.9 Å². The zero-order valence-electron chi connectivity index (χ0n) is 19.1. The first-order valence-corrected chi connectivity index (χ1v) is 12.2. The summed E-state index contributed by atoms with van der Waals surface area (Å²) in [4.78, 5) is 33.2. The van der Waals surface area contributed by atoms with E-state index in [4.69, 9.17) is 17.0 Å². The van der Waals surface area contributed by atoms with Crippen molar-refractivity contribution in [2.45, 2.75) is 20.4 Å². The van der Waals surface area contributed by atoms with E-state index < -0.39 is 0 Å². The first-order valence-electron chi connectivity index (χ1n) is 11.0. The second-order valence-corrected chi connectivity index (χ2v) is 9.92. The van der Waals surface area contributed by atoms with Crippen molar-refractivity contribution in [2.75, 3.05) is 0 Å². The molecule has 0 saturated carbocycles. The summed E-state index contributed by atoms with van der Waals surface area (Å²) in [6.07, 6.45) is 3.18. The van der Waals surface area contributed by atoms with Crippen LogP contribution in [-0.2, 0) is 11.3 Å². The molecule has 0 atom stereocenters. The minimum atomic E-state index is -0.330. The summed E-state index contributed by atoms with van der Waals surface area (Å²) in [6, 6.07) is 20.7. The van der Waals surface area contributed by atoms with Crippen LogP contribution in [0.15, 0.2) is 82.6 Å². The van der Waals surface area contributed by atoms with Crippen molar-refractivity contribution in [3.63, 3.8) is 0 Å². The second-order valence-electron chi connectivity index (χ2n) is 8.24. The molecule has 0 N–H and O–H groups in total. The minimum Gasteiger partial charge on any atom is -0.438 e. The molecule has 2 aromatic carbocycles. The Kier molecular flexibility index (Phi) is 6.23. The molecular weight excluding hydrogens is 478 g/mol. The van der Waals surface area contributed by atoms with Gasteiger partial charge < -0.3 is 4.74 Å². The van der Waals surface area contributed by atoms with E-state index in [9.17, 15) is 9.59 Å². The molecule has 1 aliphatic heterocycles. The molecule has 6 nitrogen and oxygen atoms in total. The number of aromatic nitrogens is 2. The number of carbonyl (C=O) groups is 1. The molecule has 5 rings (SSSR count). The van der Waals surface area contributed by atoms with Crippen molar-refractivity contribution in [2.24, 2.45) is 0 Å². The third-order valence-corrected chi connectivity index (χ3v) is 6.85. The van der Waals surface area contributed by atoms with Gasteiger partial charge in [0.2, 0.25) is 5.88 Å². The van der Waals surface area contributed by atoms with Crippen LogP contribution in [-0.4, -0.2) is 24.5 Å². The standard InChI is InChI=1S/C27H21N3O3S2/c1-17-12-18(2)14-20(13-17)33-24-21(25(31)29-11-7-6-10-23(29)28-24)15-22-26(32)30(27(34)35-22)16-19-8-4-3-5-9-19/h3-15H,16H2,1-2H3/b22-15+. The third-order valence-electron chi connectivity index (χ3n) is 5.48. The lowest BCUT2D eigenvalue weighted by Crippen LogP contribution is -2.27. The molecule has 174 valence electrons. The van der Waals surface area contributed by atoms with Gasteiger partial charge in [0, 0.05) is 6.20 Å². The van der Waals surface area contributed by atoms with Crippen LogP contribution in [0.25, 0.3) is 11.7 Å². The minimum absolute atomic E-state index is 0.138. The Morgan fingerprint density at radius 2 is 1.71 bits per heavy atom. The van der Waals surface area contributed by atoms with Crippen LogP contribution in [0, 0.1) is 13.8 Å². The molecule has 1 aliphatic rings. The topological polar surface area (TPSA) is 63.9 Å². The molecule has 0 aliphatic carbocycles. The number of thiocarbonyl (C=S) groups is 1. The van der Waals surface area contributed by atoms with E-state index in [0.717, 1.165) is 16.7 Å². The van der Waals surface area contributed by atoms with E-state index in [1.165, 1.54) is 27.1 Å². The number of nitrogens with zero attached hydrogens (tertiary/aromatic N) is 3. The van der Waals surface area contributed by atoms with Crippen LogP contribution in [0.2, 0.25) is 0 Å². The van der Waals surface area contributed by atoms with Crippen molar-refractivity contribution in [1.29, 1.82) is 0 Å². The van der Waals surface area contributed by atoms with Crippen molar-refractivity contribution in [1.82, 2.24) is 14.3 Å². The number of hydrogen-bond acceptors (Lipinski definition) is 6. The summed E-state index contributed by atoms with van der Waals surface area (Å²) in [5.74, 6) is 0.458. The van der Waals surface area contributed by atoms with E-state index in [1.807, 2.05) is 62.4 Å². The van der Waals surface area contributed by atoms with Crippen LogP contribution in [0.3, 0.4) is 0 Å². The Balaban J connectivity index is 1.58. The molecule has 1 amide bonds. The number of hydrogen-bond donors (Lipinski definition) is 0. The summed E-state index contributed by atoms with van der Waals surface area (Å²) in [5, 5.41) is 0. The lowest BCUT2D eigenvalue weighted by molar-refractivity contribution is -0.122. The highest BCUT2D eigenvalue weighted by Crippen LogP contribution is 2.35. The molecule has 4 aromatic rings.